The first-order chi connectivity index (χ1) is 5.27. The molecule has 2 rings (SSSR count). The fourth-order valence-corrected chi connectivity index (χ4v) is 1.42. The Bertz CT molecular complexity index is 324. The van der Waals surface area contributed by atoms with Gasteiger partial charge in [0, 0.05) is 0 Å². The molecular weight excluding hydrogens is 208 g/mol. The molecule has 0 aliphatic carbocycles. The minimum absolute atomic E-state index is 0.0278. The summed E-state index contributed by atoms with van der Waals surface area (Å²) in [5.41, 5.74) is 1.51. The Balaban J connectivity index is 2.59. The van der Waals surface area contributed by atoms with Gasteiger partial charge in [-0.25, -0.2) is 4.98 Å². The molecule has 1 amide bonds. The van der Waals surface area contributed by atoms with Gasteiger partial charge in [0.15, 0.2) is 0 Å². The molecule has 0 saturated heterocycles. The monoisotopic (exact) mass is 212 g/mol. The highest BCUT2D eigenvalue weighted by Gasteiger charge is 2.19. The van der Waals surface area contributed by atoms with Gasteiger partial charge in [-0.15, -0.1) is 0 Å². The molecule has 1 aromatic rings. The molecule has 0 atom stereocenters. The fourth-order valence-electron chi connectivity index (χ4n) is 1.08. The van der Waals surface area contributed by atoms with Crippen LogP contribution in [0.4, 0.5) is 0 Å². The van der Waals surface area contributed by atoms with Gasteiger partial charge in [-0.05, 0) is 28.1 Å². The van der Waals surface area contributed by atoms with E-state index in [9.17, 15) is 4.79 Å². The predicted octanol–water partition coefficient (Wildman–Crippen LogP) is 1.09. The molecule has 1 N–H and O–H groups in total. The Hall–Kier alpha value is -0.900. The standard InChI is InChI=1S/C7H5BrN2O/c8-6-2-1-4-5(10-6)3-9-7(4)11/h1-2H,3H2,(H,9,11). The summed E-state index contributed by atoms with van der Waals surface area (Å²) >= 11 is 3.23. The number of rotatable bonds is 0. The van der Waals surface area contributed by atoms with E-state index in [2.05, 4.69) is 26.2 Å². The average Bonchev–Trinajstić information content (AvgIpc) is 2.32. The van der Waals surface area contributed by atoms with Gasteiger partial charge in [-0.3, -0.25) is 4.79 Å². The quantitative estimate of drug-likeness (QED) is 0.655. The molecular formula is C7H5BrN2O. The molecule has 1 aliphatic rings. The number of aromatic nitrogens is 1. The Morgan fingerprint density at radius 2 is 2.36 bits per heavy atom. The minimum Gasteiger partial charge on any atom is -0.346 e. The zero-order valence-corrected chi connectivity index (χ0v) is 7.18. The van der Waals surface area contributed by atoms with E-state index in [4.69, 9.17) is 0 Å². The first-order valence-electron chi connectivity index (χ1n) is 3.21. The Morgan fingerprint density at radius 3 is 3.18 bits per heavy atom. The molecule has 4 heteroatoms. The molecule has 0 fully saturated rings. The van der Waals surface area contributed by atoms with Gasteiger partial charge < -0.3 is 5.32 Å². The number of hydrogen-bond acceptors (Lipinski definition) is 2. The van der Waals surface area contributed by atoms with Crippen molar-refractivity contribution < 1.29 is 4.79 Å². The van der Waals surface area contributed by atoms with Crippen molar-refractivity contribution in [3.8, 4) is 0 Å². The molecule has 0 bridgehead atoms. The normalized spacial score (nSPS) is 14.5. The van der Waals surface area contributed by atoms with Crippen LogP contribution in [0.5, 0.6) is 0 Å². The number of nitrogens with one attached hydrogen (secondary N) is 1. The second kappa shape index (κ2) is 2.30. The van der Waals surface area contributed by atoms with Crippen LogP contribution in [0, 0.1) is 0 Å². The molecule has 2 heterocycles. The van der Waals surface area contributed by atoms with E-state index in [1.54, 1.807) is 12.1 Å². The maximum atomic E-state index is 11.0. The largest absolute Gasteiger partial charge is 0.346 e. The predicted molar refractivity (Wildman–Crippen MR) is 43.1 cm³/mol. The summed E-state index contributed by atoms with van der Waals surface area (Å²) in [6.07, 6.45) is 0. The number of nitrogens with zero attached hydrogens (tertiary/aromatic N) is 1. The van der Waals surface area contributed by atoms with Crippen LogP contribution in [-0.2, 0) is 6.54 Å². The smallest absolute Gasteiger partial charge is 0.253 e. The Morgan fingerprint density at radius 1 is 1.55 bits per heavy atom. The number of carbonyl (C=O) groups is 1. The van der Waals surface area contributed by atoms with Gasteiger partial charge in [-0.2, -0.15) is 0 Å². The van der Waals surface area contributed by atoms with E-state index in [1.807, 2.05) is 0 Å². The van der Waals surface area contributed by atoms with E-state index in [0.29, 0.717) is 12.1 Å². The summed E-state index contributed by atoms with van der Waals surface area (Å²) in [7, 11) is 0. The van der Waals surface area contributed by atoms with Crippen LogP contribution in [0.2, 0.25) is 0 Å². The van der Waals surface area contributed by atoms with Gasteiger partial charge in [0.25, 0.3) is 5.91 Å². The van der Waals surface area contributed by atoms with Crippen LogP contribution in [-0.4, -0.2) is 10.9 Å². The van der Waals surface area contributed by atoms with Crippen molar-refractivity contribution in [2.45, 2.75) is 6.54 Å². The van der Waals surface area contributed by atoms with Crippen LogP contribution >= 0.6 is 15.9 Å². The first kappa shape index (κ1) is 6.79. The molecule has 11 heavy (non-hydrogen) atoms. The lowest BCUT2D eigenvalue weighted by atomic mass is 10.2. The van der Waals surface area contributed by atoms with E-state index in [0.717, 1.165) is 10.3 Å². The summed E-state index contributed by atoms with van der Waals surface area (Å²) in [5.74, 6) is -0.0278. The zero-order valence-electron chi connectivity index (χ0n) is 5.60. The fraction of sp³-hybridized carbons (Fsp3) is 0.143. The van der Waals surface area contributed by atoms with Crippen molar-refractivity contribution in [1.29, 1.82) is 0 Å². The average molecular weight is 213 g/mol. The molecule has 0 saturated carbocycles. The summed E-state index contributed by atoms with van der Waals surface area (Å²) in [4.78, 5) is 15.1. The van der Waals surface area contributed by atoms with Gasteiger partial charge in [0.2, 0.25) is 0 Å². The van der Waals surface area contributed by atoms with E-state index in [-0.39, 0.29) is 5.91 Å². The van der Waals surface area contributed by atoms with E-state index < -0.39 is 0 Å². The van der Waals surface area contributed by atoms with Crippen molar-refractivity contribution in [2.24, 2.45) is 0 Å². The highest BCUT2D eigenvalue weighted by atomic mass is 79.9. The van der Waals surface area contributed by atoms with Gasteiger partial charge in [-0.1, -0.05) is 0 Å². The maximum absolute atomic E-state index is 11.0. The SMILES string of the molecule is O=C1NCc2nc(Br)ccc21. The number of carbonyl (C=O) groups excluding carboxylic acids is 1. The number of fused-ring (bicyclic) bond motifs is 1. The lowest BCUT2D eigenvalue weighted by molar-refractivity contribution is 0.0966. The van der Waals surface area contributed by atoms with Crippen LogP contribution in [0.3, 0.4) is 0 Å². The lowest BCUT2D eigenvalue weighted by Gasteiger charge is -1.93. The second-order valence-corrected chi connectivity index (χ2v) is 3.12. The van der Waals surface area contributed by atoms with Crippen LogP contribution < -0.4 is 5.32 Å². The third-order valence-electron chi connectivity index (χ3n) is 1.60. The number of hydrogen-bond donors (Lipinski definition) is 1. The van der Waals surface area contributed by atoms with Crippen molar-refractivity contribution in [1.82, 2.24) is 10.3 Å². The van der Waals surface area contributed by atoms with Gasteiger partial charge in [0.05, 0.1) is 17.8 Å². The lowest BCUT2D eigenvalue weighted by Crippen LogP contribution is -2.12. The van der Waals surface area contributed by atoms with Crippen LogP contribution in [0.25, 0.3) is 0 Å². The Labute approximate surface area is 72.0 Å². The Kier molecular flexibility index (Phi) is 1.42. The number of amides is 1. The second-order valence-electron chi connectivity index (χ2n) is 2.31. The van der Waals surface area contributed by atoms with Crippen molar-refractivity contribution in [2.75, 3.05) is 0 Å². The summed E-state index contributed by atoms with van der Waals surface area (Å²) < 4.78 is 0.771. The molecule has 1 aliphatic heterocycles. The minimum atomic E-state index is -0.0278. The van der Waals surface area contributed by atoms with Crippen LogP contribution in [0.1, 0.15) is 16.1 Å². The third kappa shape index (κ3) is 1.03. The van der Waals surface area contributed by atoms with Crippen LogP contribution in [0.15, 0.2) is 16.7 Å². The molecule has 3 nitrogen and oxygen atoms in total. The number of pyridine rings is 1. The number of halogens is 1. The summed E-state index contributed by atoms with van der Waals surface area (Å²) in [6.45, 7) is 0.549. The van der Waals surface area contributed by atoms with E-state index >= 15 is 0 Å². The van der Waals surface area contributed by atoms with Crippen molar-refractivity contribution >= 4 is 21.8 Å². The topological polar surface area (TPSA) is 42.0 Å². The highest BCUT2D eigenvalue weighted by molar-refractivity contribution is 9.10. The van der Waals surface area contributed by atoms with Crippen molar-refractivity contribution in [3.05, 3.63) is 28.0 Å². The van der Waals surface area contributed by atoms with Gasteiger partial charge in [0.1, 0.15) is 4.60 Å². The molecule has 0 spiro atoms. The summed E-state index contributed by atoms with van der Waals surface area (Å²) in [6, 6.07) is 3.54. The van der Waals surface area contributed by atoms with Crippen molar-refractivity contribution in [3.63, 3.8) is 0 Å². The highest BCUT2D eigenvalue weighted by Crippen LogP contribution is 2.15. The van der Waals surface area contributed by atoms with Gasteiger partial charge >= 0.3 is 0 Å². The summed E-state index contributed by atoms with van der Waals surface area (Å²) in [5, 5.41) is 2.69. The molecule has 0 unspecified atom stereocenters. The molecule has 0 aromatic carbocycles. The molecule has 56 valence electrons. The zero-order chi connectivity index (χ0) is 7.84. The molecule has 1 aromatic heterocycles. The third-order valence-corrected chi connectivity index (χ3v) is 2.04. The maximum Gasteiger partial charge on any atom is 0.253 e. The van der Waals surface area contributed by atoms with E-state index in [1.165, 1.54) is 0 Å². The molecule has 0 radical (unpaired) electrons. The first-order valence-corrected chi connectivity index (χ1v) is 4.00.